The van der Waals surface area contributed by atoms with Crippen molar-refractivity contribution in [3.05, 3.63) is 21.9 Å². The van der Waals surface area contributed by atoms with Crippen molar-refractivity contribution in [2.45, 2.75) is 13.3 Å². The van der Waals surface area contributed by atoms with Gasteiger partial charge in [-0.25, -0.2) is 0 Å². The summed E-state index contributed by atoms with van der Waals surface area (Å²) in [5, 5.41) is 5.59. The molecule has 0 bridgehead atoms. The molecule has 0 radical (unpaired) electrons. The number of thiophene rings is 1. The van der Waals surface area contributed by atoms with Crippen molar-refractivity contribution in [1.29, 1.82) is 0 Å². The SMILES string of the molecule is CCc1ccsc1C(=O)NCCBr. The Morgan fingerprint density at radius 1 is 1.69 bits per heavy atom. The van der Waals surface area contributed by atoms with Crippen molar-refractivity contribution in [2.75, 3.05) is 11.9 Å². The molecule has 2 nitrogen and oxygen atoms in total. The molecule has 0 fully saturated rings. The van der Waals surface area contributed by atoms with Crippen molar-refractivity contribution in [3.63, 3.8) is 0 Å². The standard InChI is InChI=1S/C9H12BrNOS/c1-2-7-3-6-13-8(7)9(12)11-5-4-10/h3,6H,2,4-5H2,1H3,(H,11,12). The molecule has 0 aromatic carbocycles. The van der Waals surface area contributed by atoms with Gasteiger partial charge in [0.2, 0.25) is 0 Å². The summed E-state index contributed by atoms with van der Waals surface area (Å²) in [6, 6.07) is 2.01. The molecule has 0 aliphatic carbocycles. The molecule has 1 aromatic rings. The Morgan fingerprint density at radius 2 is 2.46 bits per heavy atom. The van der Waals surface area contributed by atoms with E-state index in [9.17, 15) is 4.79 Å². The average Bonchev–Trinajstić information content (AvgIpc) is 2.61. The van der Waals surface area contributed by atoms with Crippen LogP contribution in [0.5, 0.6) is 0 Å². The summed E-state index contributed by atoms with van der Waals surface area (Å²) in [7, 11) is 0. The lowest BCUT2D eigenvalue weighted by Crippen LogP contribution is -2.25. The number of halogens is 1. The van der Waals surface area contributed by atoms with E-state index in [1.54, 1.807) is 0 Å². The van der Waals surface area contributed by atoms with Crippen LogP contribution >= 0.6 is 27.3 Å². The fourth-order valence-corrected chi connectivity index (χ4v) is 2.16. The third-order valence-corrected chi connectivity index (χ3v) is 3.07. The third-order valence-electron chi connectivity index (χ3n) is 1.71. The predicted octanol–water partition coefficient (Wildman–Crippen LogP) is 2.44. The molecule has 1 rings (SSSR count). The quantitative estimate of drug-likeness (QED) is 0.829. The number of rotatable bonds is 4. The van der Waals surface area contributed by atoms with Gasteiger partial charge in [0.15, 0.2) is 0 Å². The van der Waals surface area contributed by atoms with Crippen LogP contribution in [0.25, 0.3) is 0 Å². The van der Waals surface area contributed by atoms with Gasteiger partial charge in [-0.3, -0.25) is 4.79 Å². The van der Waals surface area contributed by atoms with Crippen molar-refractivity contribution in [2.24, 2.45) is 0 Å². The maximum absolute atomic E-state index is 11.5. The Morgan fingerprint density at radius 3 is 3.08 bits per heavy atom. The maximum atomic E-state index is 11.5. The van der Waals surface area contributed by atoms with Gasteiger partial charge in [-0.2, -0.15) is 0 Å². The second kappa shape index (κ2) is 5.40. The zero-order chi connectivity index (χ0) is 9.68. The summed E-state index contributed by atoms with van der Waals surface area (Å²) >= 11 is 4.77. The zero-order valence-electron chi connectivity index (χ0n) is 7.47. The maximum Gasteiger partial charge on any atom is 0.261 e. The molecule has 13 heavy (non-hydrogen) atoms. The van der Waals surface area contributed by atoms with Crippen LogP contribution in [0.4, 0.5) is 0 Å². The van der Waals surface area contributed by atoms with E-state index in [1.165, 1.54) is 11.3 Å². The molecule has 0 saturated heterocycles. The zero-order valence-corrected chi connectivity index (χ0v) is 9.87. The molecule has 1 amide bonds. The number of alkyl halides is 1. The molecular formula is C9H12BrNOS. The first-order valence-electron chi connectivity index (χ1n) is 4.20. The molecule has 0 aliphatic heterocycles. The summed E-state index contributed by atoms with van der Waals surface area (Å²) in [5.41, 5.74) is 1.14. The van der Waals surface area contributed by atoms with E-state index >= 15 is 0 Å². The lowest BCUT2D eigenvalue weighted by Gasteiger charge is -2.02. The highest BCUT2D eigenvalue weighted by molar-refractivity contribution is 9.09. The average molecular weight is 262 g/mol. The Labute approximate surface area is 90.5 Å². The number of hydrogen-bond acceptors (Lipinski definition) is 2. The molecule has 1 N–H and O–H groups in total. The minimum Gasteiger partial charge on any atom is -0.350 e. The minimum absolute atomic E-state index is 0.0475. The highest BCUT2D eigenvalue weighted by Crippen LogP contribution is 2.16. The van der Waals surface area contributed by atoms with E-state index in [4.69, 9.17) is 0 Å². The van der Waals surface area contributed by atoms with Gasteiger partial charge in [-0.05, 0) is 23.4 Å². The Hall–Kier alpha value is -0.350. The lowest BCUT2D eigenvalue weighted by atomic mass is 10.2. The summed E-state index contributed by atoms with van der Waals surface area (Å²) in [5.74, 6) is 0.0475. The van der Waals surface area contributed by atoms with Gasteiger partial charge in [-0.15, -0.1) is 11.3 Å². The highest BCUT2D eigenvalue weighted by Gasteiger charge is 2.10. The lowest BCUT2D eigenvalue weighted by molar-refractivity contribution is 0.0959. The first kappa shape index (κ1) is 10.7. The molecule has 72 valence electrons. The van der Waals surface area contributed by atoms with Gasteiger partial charge >= 0.3 is 0 Å². The van der Waals surface area contributed by atoms with Crippen LogP contribution in [0, 0.1) is 0 Å². The summed E-state index contributed by atoms with van der Waals surface area (Å²) < 4.78 is 0. The number of hydrogen-bond donors (Lipinski definition) is 1. The largest absolute Gasteiger partial charge is 0.350 e. The Bertz CT molecular complexity index is 285. The molecule has 0 saturated carbocycles. The molecular weight excluding hydrogens is 250 g/mol. The van der Waals surface area contributed by atoms with Crippen LogP contribution < -0.4 is 5.32 Å². The second-order valence-electron chi connectivity index (χ2n) is 2.57. The van der Waals surface area contributed by atoms with Crippen LogP contribution in [0.1, 0.15) is 22.2 Å². The molecule has 0 aliphatic rings. The van der Waals surface area contributed by atoms with Crippen molar-refractivity contribution < 1.29 is 4.79 Å². The molecule has 0 unspecified atom stereocenters. The van der Waals surface area contributed by atoms with Gasteiger partial charge in [0, 0.05) is 11.9 Å². The van der Waals surface area contributed by atoms with E-state index in [0.29, 0.717) is 6.54 Å². The minimum atomic E-state index is 0.0475. The fraction of sp³-hybridized carbons (Fsp3) is 0.444. The van der Waals surface area contributed by atoms with Crippen LogP contribution in [0.3, 0.4) is 0 Å². The van der Waals surface area contributed by atoms with Gasteiger partial charge in [0.05, 0.1) is 4.88 Å². The molecule has 4 heteroatoms. The van der Waals surface area contributed by atoms with Crippen molar-refractivity contribution in [1.82, 2.24) is 5.32 Å². The molecule has 1 heterocycles. The topological polar surface area (TPSA) is 29.1 Å². The number of amides is 1. The number of carbonyl (C=O) groups excluding carboxylic acids is 1. The van der Waals surface area contributed by atoms with Crippen LogP contribution in [-0.2, 0) is 6.42 Å². The van der Waals surface area contributed by atoms with E-state index in [2.05, 4.69) is 28.2 Å². The summed E-state index contributed by atoms with van der Waals surface area (Å²) in [6.45, 7) is 2.74. The van der Waals surface area contributed by atoms with Crippen molar-refractivity contribution in [3.8, 4) is 0 Å². The summed E-state index contributed by atoms with van der Waals surface area (Å²) in [6.07, 6.45) is 0.917. The molecule has 0 spiro atoms. The van der Waals surface area contributed by atoms with E-state index < -0.39 is 0 Å². The van der Waals surface area contributed by atoms with Crippen LogP contribution in [-0.4, -0.2) is 17.8 Å². The first-order chi connectivity index (χ1) is 6.29. The van der Waals surface area contributed by atoms with Gasteiger partial charge < -0.3 is 5.32 Å². The molecule has 1 aromatic heterocycles. The summed E-state index contributed by atoms with van der Waals surface area (Å²) in [4.78, 5) is 12.4. The van der Waals surface area contributed by atoms with Gasteiger partial charge in [0.1, 0.15) is 0 Å². The molecule has 0 atom stereocenters. The third kappa shape index (κ3) is 2.81. The Balaban J connectivity index is 2.65. The van der Waals surface area contributed by atoms with Crippen molar-refractivity contribution >= 4 is 33.2 Å². The predicted molar refractivity (Wildman–Crippen MR) is 59.8 cm³/mol. The number of nitrogens with one attached hydrogen (secondary N) is 1. The fourth-order valence-electron chi connectivity index (χ4n) is 1.05. The van der Waals surface area contributed by atoms with E-state index in [-0.39, 0.29) is 5.91 Å². The number of aryl methyl sites for hydroxylation is 1. The smallest absolute Gasteiger partial charge is 0.261 e. The number of carbonyl (C=O) groups is 1. The van der Waals surface area contributed by atoms with Gasteiger partial charge in [-0.1, -0.05) is 22.9 Å². The van der Waals surface area contributed by atoms with Crippen LogP contribution in [0.2, 0.25) is 0 Å². The van der Waals surface area contributed by atoms with E-state index in [0.717, 1.165) is 22.2 Å². The van der Waals surface area contributed by atoms with Crippen LogP contribution in [0.15, 0.2) is 11.4 Å². The van der Waals surface area contributed by atoms with E-state index in [1.807, 2.05) is 11.4 Å². The first-order valence-corrected chi connectivity index (χ1v) is 6.20. The second-order valence-corrected chi connectivity index (χ2v) is 4.28. The van der Waals surface area contributed by atoms with Gasteiger partial charge in [0.25, 0.3) is 5.91 Å². The normalized spacial score (nSPS) is 10.0. The Kier molecular flexibility index (Phi) is 4.45. The monoisotopic (exact) mass is 261 g/mol. The highest BCUT2D eigenvalue weighted by atomic mass is 79.9.